The molecular formula is C29H55NO3. The summed E-state index contributed by atoms with van der Waals surface area (Å²) in [5.41, 5.74) is 0. The molecule has 4 nitrogen and oxygen atoms in total. The smallest absolute Gasteiger partial charge is 0.311 e. The first-order valence-corrected chi connectivity index (χ1v) is 14.6. The molecule has 2 unspecified atom stereocenters. The number of ether oxygens (including phenoxy) is 1. The van der Waals surface area contributed by atoms with Crippen molar-refractivity contribution in [2.75, 3.05) is 13.2 Å². The Morgan fingerprint density at radius 3 is 1.76 bits per heavy atom. The molecule has 1 aliphatic rings. The number of hydrogen-bond donors (Lipinski definition) is 0. The summed E-state index contributed by atoms with van der Waals surface area (Å²) in [6.45, 7) is 7.99. The molecule has 2 atom stereocenters. The van der Waals surface area contributed by atoms with Crippen LogP contribution in [-0.4, -0.2) is 36.0 Å². The van der Waals surface area contributed by atoms with E-state index in [1.54, 1.807) is 0 Å². The Morgan fingerprint density at radius 2 is 1.21 bits per heavy atom. The molecule has 0 spiro atoms. The highest BCUT2D eigenvalue weighted by Gasteiger charge is 2.43. The van der Waals surface area contributed by atoms with Gasteiger partial charge >= 0.3 is 5.97 Å². The van der Waals surface area contributed by atoms with Gasteiger partial charge in [0.25, 0.3) is 0 Å². The standard InChI is InChI=1S/C29H55NO3/c1-4-7-10-12-14-16-18-20-23-30-27(22-9-6-3)26(25-28(30)31)29(32)33-24-21-19-17-15-13-11-8-5-2/h26-27H,4-25H2,1-3H3. The maximum absolute atomic E-state index is 12.8. The van der Waals surface area contributed by atoms with Gasteiger partial charge in [-0.25, -0.2) is 0 Å². The van der Waals surface area contributed by atoms with E-state index in [4.69, 9.17) is 4.74 Å². The Hall–Kier alpha value is -1.06. The average Bonchev–Trinajstić information content (AvgIpc) is 3.13. The zero-order valence-corrected chi connectivity index (χ0v) is 22.4. The molecule has 0 radical (unpaired) electrons. The fourth-order valence-electron chi connectivity index (χ4n) is 5.08. The van der Waals surface area contributed by atoms with E-state index in [9.17, 15) is 9.59 Å². The molecule has 0 aromatic heterocycles. The summed E-state index contributed by atoms with van der Waals surface area (Å²) in [7, 11) is 0. The van der Waals surface area contributed by atoms with E-state index >= 15 is 0 Å². The van der Waals surface area contributed by atoms with Gasteiger partial charge in [-0.1, -0.05) is 124 Å². The summed E-state index contributed by atoms with van der Waals surface area (Å²) >= 11 is 0. The molecule has 0 aromatic rings. The quantitative estimate of drug-likeness (QED) is 0.119. The lowest BCUT2D eigenvalue weighted by molar-refractivity contribution is -0.149. The third-order valence-electron chi connectivity index (χ3n) is 7.23. The number of carbonyl (C=O) groups is 2. The van der Waals surface area contributed by atoms with Crippen LogP contribution in [0.25, 0.3) is 0 Å². The number of unbranched alkanes of at least 4 members (excludes halogenated alkanes) is 15. The summed E-state index contributed by atoms with van der Waals surface area (Å²) in [6.07, 6.45) is 23.5. The minimum absolute atomic E-state index is 0.0491. The third kappa shape index (κ3) is 13.4. The van der Waals surface area contributed by atoms with E-state index in [1.807, 2.05) is 4.90 Å². The van der Waals surface area contributed by atoms with Crippen LogP contribution >= 0.6 is 0 Å². The van der Waals surface area contributed by atoms with Crippen LogP contribution in [0.3, 0.4) is 0 Å². The Kier molecular flexibility index (Phi) is 18.5. The summed E-state index contributed by atoms with van der Waals surface area (Å²) < 4.78 is 5.65. The van der Waals surface area contributed by atoms with E-state index in [2.05, 4.69) is 20.8 Å². The molecule has 0 saturated carbocycles. The van der Waals surface area contributed by atoms with Gasteiger partial charge in [0.15, 0.2) is 0 Å². The van der Waals surface area contributed by atoms with Gasteiger partial charge in [0.2, 0.25) is 5.91 Å². The molecule has 1 rings (SSSR count). The predicted molar refractivity (Wildman–Crippen MR) is 139 cm³/mol. The number of amides is 1. The van der Waals surface area contributed by atoms with Crippen molar-refractivity contribution in [3.8, 4) is 0 Å². The molecule has 33 heavy (non-hydrogen) atoms. The molecule has 1 aliphatic heterocycles. The summed E-state index contributed by atoms with van der Waals surface area (Å²) in [5, 5.41) is 0. The molecule has 0 bridgehead atoms. The van der Waals surface area contributed by atoms with Crippen molar-refractivity contribution in [1.82, 2.24) is 4.90 Å². The first kappa shape index (κ1) is 30.0. The van der Waals surface area contributed by atoms with E-state index in [1.165, 1.54) is 83.5 Å². The van der Waals surface area contributed by atoms with E-state index in [-0.39, 0.29) is 23.8 Å². The lowest BCUT2D eigenvalue weighted by Gasteiger charge is -2.27. The highest BCUT2D eigenvalue weighted by Crippen LogP contribution is 2.31. The van der Waals surface area contributed by atoms with Crippen molar-refractivity contribution in [3.63, 3.8) is 0 Å². The number of hydrogen-bond acceptors (Lipinski definition) is 3. The Bertz CT molecular complexity index is 493. The Balaban J connectivity index is 2.32. The lowest BCUT2D eigenvalue weighted by atomic mass is 9.95. The van der Waals surface area contributed by atoms with Gasteiger partial charge in [0.05, 0.1) is 12.5 Å². The van der Waals surface area contributed by atoms with Gasteiger partial charge in [-0.15, -0.1) is 0 Å². The second-order valence-electron chi connectivity index (χ2n) is 10.2. The highest BCUT2D eigenvalue weighted by atomic mass is 16.5. The van der Waals surface area contributed by atoms with Gasteiger partial charge < -0.3 is 9.64 Å². The van der Waals surface area contributed by atoms with E-state index in [0.29, 0.717) is 13.0 Å². The second-order valence-corrected chi connectivity index (χ2v) is 10.2. The van der Waals surface area contributed by atoms with Crippen LogP contribution in [0.2, 0.25) is 0 Å². The molecule has 4 heteroatoms. The van der Waals surface area contributed by atoms with Crippen molar-refractivity contribution < 1.29 is 14.3 Å². The fourth-order valence-corrected chi connectivity index (χ4v) is 5.08. The second kappa shape index (κ2) is 20.3. The van der Waals surface area contributed by atoms with Crippen LogP contribution in [0.15, 0.2) is 0 Å². The number of carbonyl (C=O) groups excluding carboxylic acids is 2. The number of rotatable bonds is 22. The van der Waals surface area contributed by atoms with E-state index < -0.39 is 0 Å². The molecular weight excluding hydrogens is 410 g/mol. The minimum Gasteiger partial charge on any atom is -0.465 e. The van der Waals surface area contributed by atoms with Crippen molar-refractivity contribution in [3.05, 3.63) is 0 Å². The van der Waals surface area contributed by atoms with Gasteiger partial charge in [0, 0.05) is 19.0 Å². The van der Waals surface area contributed by atoms with Crippen molar-refractivity contribution in [2.24, 2.45) is 5.92 Å². The van der Waals surface area contributed by atoms with Crippen LogP contribution in [0.4, 0.5) is 0 Å². The maximum atomic E-state index is 12.8. The van der Waals surface area contributed by atoms with Crippen LogP contribution < -0.4 is 0 Å². The fraction of sp³-hybridized carbons (Fsp3) is 0.931. The zero-order valence-electron chi connectivity index (χ0n) is 22.4. The molecule has 1 fully saturated rings. The van der Waals surface area contributed by atoms with Gasteiger partial charge in [-0.2, -0.15) is 0 Å². The highest BCUT2D eigenvalue weighted by molar-refractivity contribution is 5.87. The monoisotopic (exact) mass is 465 g/mol. The normalized spacial score (nSPS) is 18.3. The molecule has 0 aliphatic carbocycles. The summed E-state index contributed by atoms with van der Waals surface area (Å²) in [5.74, 6) is -0.231. The molecule has 0 aromatic carbocycles. The molecule has 194 valence electrons. The largest absolute Gasteiger partial charge is 0.465 e. The average molecular weight is 466 g/mol. The first-order valence-electron chi connectivity index (χ1n) is 14.6. The predicted octanol–water partition coefficient (Wildman–Crippen LogP) is 8.22. The lowest BCUT2D eigenvalue weighted by Crippen LogP contribution is -2.38. The van der Waals surface area contributed by atoms with Crippen LogP contribution in [0, 0.1) is 5.92 Å². The van der Waals surface area contributed by atoms with Gasteiger partial charge in [-0.3, -0.25) is 9.59 Å². The van der Waals surface area contributed by atoms with Crippen LogP contribution in [0.1, 0.15) is 149 Å². The SMILES string of the molecule is CCCCCCCCCCOC(=O)C1CC(=O)N(CCCCCCCCCC)C1CCCC. The van der Waals surface area contributed by atoms with Gasteiger partial charge in [-0.05, 0) is 19.3 Å². The Labute approximate surface area is 205 Å². The first-order chi connectivity index (χ1) is 16.2. The molecule has 0 N–H and O–H groups in total. The molecule has 1 saturated heterocycles. The number of likely N-dealkylation sites (tertiary alicyclic amines) is 1. The summed E-state index contributed by atoms with van der Waals surface area (Å²) in [4.78, 5) is 27.6. The van der Waals surface area contributed by atoms with Crippen molar-refractivity contribution in [1.29, 1.82) is 0 Å². The van der Waals surface area contributed by atoms with E-state index in [0.717, 1.165) is 45.1 Å². The summed E-state index contributed by atoms with van der Waals surface area (Å²) in [6, 6.07) is 0.0491. The van der Waals surface area contributed by atoms with Crippen LogP contribution in [-0.2, 0) is 14.3 Å². The number of esters is 1. The number of nitrogens with zero attached hydrogens (tertiary/aromatic N) is 1. The van der Waals surface area contributed by atoms with Crippen molar-refractivity contribution >= 4 is 11.9 Å². The molecule has 1 amide bonds. The maximum Gasteiger partial charge on any atom is 0.311 e. The van der Waals surface area contributed by atoms with Crippen molar-refractivity contribution in [2.45, 2.75) is 155 Å². The Morgan fingerprint density at radius 1 is 0.727 bits per heavy atom. The zero-order chi connectivity index (χ0) is 24.2. The minimum atomic E-state index is -0.257. The topological polar surface area (TPSA) is 46.6 Å². The van der Waals surface area contributed by atoms with Gasteiger partial charge in [0.1, 0.15) is 0 Å². The third-order valence-corrected chi connectivity index (χ3v) is 7.23. The van der Waals surface area contributed by atoms with Crippen LogP contribution in [0.5, 0.6) is 0 Å². The molecule has 1 heterocycles.